The van der Waals surface area contributed by atoms with Crippen LogP contribution < -0.4 is 15.4 Å². The summed E-state index contributed by atoms with van der Waals surface area (Å²) in [5.74, 6) is 5.22. The van der Waals surface area contributed by atoms with Gasteiger partial charge in [0.1, 0.15) is 28.8 Å². The van der Waals surface area contributed by atoms with E-state index in [4.69, 9.17) is 27.7 Å². The quantitative estimate of drug-likeness (QED) is 0.366. The summed E-state index contributed by atoms with van der Waals surface area (Å²) >= 11 is 0. The smallest absolute Gasteiger partial charge is 0.433 e. The van der Waals surface area contributed by atoms with Gasteiger partial charge < -0.3 is 24.7 Å². The van der Waals surface area contributed by atoms with Crippen molar-refractivity contribution in [2.24, 2.45) is 5.73 Å². The fourth-order valence-corrected chi connectivity index (χ4v) is 4.62. The number of hydrogen-bond donors (Lipinski definition) is 1. The number of nitrogens with two attached hydrogens (primary N) is 1. The number of rotatable bonds is 5. The molecule has 1 unspecified atom stereocenters. The van der Waals surface area contributed by atoms with Crippen molar-refractivity contribution in [3.05, 3.63) is 65.3 Å². The molecule has 208 valence electrons. The highest BCUT2D eigenvalue weighted by atomic mass is 19.4. The second-order valence-electron chi connectivity index (χ2n) is 9.08. The number of anilines is 1. The lowest BCUT2D eigenvalue weighted by molar-refractivity contribution is -0.140. The van der Waals surface area contributed by atoms with Crippen LogP contribution in [-0.2, 0) is 6.18 Å². The average Bonchev–Trinajstić information content (AvgIpc) is 3.44. The van der Waals surface area contributed by atoms with Crippen molar-refractivity contribution in [2.75, 3.05) is 38.2 Å². The summed E-state index contributed by atoms with van der Waals surface area (Å²) < 4.78 is 51.2. The fourth-order valence-electron chi connectivity index (χ4n) is 4.62. The Bertz CT molecular complexity index is 1710. The molecule has 4 heterocycles. The second kappa shape index (κ2) is 10.8. The highest BCUT2D eigenvalue weighted by Gasteiger charge is 2.34. The van der Waals surface area contributed by atoms with Crippen LogP contribution in [0.3, 0.4) is 0 Å². The number of terminal acetylenes is 2. The average molecular weight is 561 g/mol. The Morgan fingerprint density at radius 1 is 1.12 bits per heavy atom. The molecule has 1 aliphatic rings. The number of carbonyl (C=O) groups excluding carboxylic acids is 1. The van der Waals surface area contributed by atoms with E-state index in [9.17, 15) is 18.0 Å². The number of amides is 1. The van der Waals surface area contributed by atoms with E-state index in [1.54, 1.807) is 29.3 Å². The van der Waals surface area contributed by atoms with Crippen LogP contribution in [-0.4, -0.2) is 59.0 Å². The van der Waals surface area contributed by atoms with E-state index < -0.39 is 23.8 Å². The summed E-state index contributed by atoms with van der Waals surface area (Å²) in [5.41, 5.74) is 5.80. The molecule has 41 heavy (non-hydrogen) atoms. The number of piperazine rings is 1. The molecule has 1 amide bonds. The van der Waals surface area contributed by atoms with Crippen molar-refractivity contribution in [1.29, 1.82) is 0 Å². The fraction of sp³-hybridized carbons (Fsp3) is 0.241. The number of carbonyl (C=O) groups is 1. The largest absolute Gasteiger partial charge is 0.494 e. The summed E-state index contributed by atoms with van der Waals surface area (Å²) in [6.07, 6.45) is 8.14. The second-order valence-corrected chi connectivity index (χ2v) is 9.08. The number of nitrogens with zero attached hydrogens (tertiary/aromatic N) is 5. The molecule has 12 heteroatoms. The van der Waals surface area contributed by atoms with Gasteiger partial charge in [0.25, 0.3) is 5.91 Å². The zero-order chi connectivity index (χ0) is 29.3. The Morgan fingerprint density at radius 3 is 2.54 bits per heavy atom. The first-order valence-electron chi connectivity index (χ1n) is 12.4. The van der Waals surface area contributed by atoms with Crippen LogP contribution in [0.25, 0.3) is 22.4 Å². The van der Waals surface area contributed by atoms with E-state index >= 15 is 0 Å². The lowest BCUT2D eigenvalue weighted by Gasteiger charge is -2.35. The first kappa shape index (κ1) is 27.5. The predicted molar refractivity (Wildman–Crippen MR) is 145 cm³/mol. The Hall–Kier alpha value is -5.07. The molecule has 1 aliphatic heterocycles. The monoisotopic (exact) mass is 560 g/mol. The van der Waals surface area contributed by atoms with E-state index in [2.05, 4.69) is 26.8 Å². The number of pyridine rings is 2. The molecule has 0 saturated carbocycles. The molecule has 9 nitrogen and oxygen atoms in total. The molecule has 1 atom stereocenters. The molecule has 4 aromatic rings. The van der Waals surface area contributed by atoms with Gasteiger partial charge in [0.2, 0.25) is 5.89 Å². The minimum atomic E-state index is -4.66. The maximum Gasteiger partial charge on any atom is 0.433 e. The first-order chi connectivity index (χ1) is 19.7. The first-order valence-corrected chi connectivity index (χ1v) is 12.4. The molecule has 1 saturated heterocycles. The highest BCUT2D eigenvalue weighted by Crippen LogP contribution is 2.37. The number of aromatic nitrogens is 3. The number of halogens is 3. The summed E-state index contributed by atoms with van der Waals surface area (Å²) in [4.78, 5) is 29.8. The van der Waals surface area contributed by atoms with Gasteiger partial charge in [0, 0.05) is 43.3 Å². The van der Waals surface area contributed by atoms with Crippen LogP contribution in [0.2, 0.25) is 0 Å². The molecule has 0 spiro atoms. The van der Waals surface area contributed by atoms with Crippen molar-refractivity contribution in [1.82, 2.24) is 19.9 Å². The van der Waals surface area contributed by atoms with E-state index in [0.29, 0.717) is 37.6 Å². The number of ether oxygens (including phenoxy) is 1. The number of hydrogen-bond acceptors (Lipinski definition) is 8. The van der Waals surface area contributed by atoms with Gasteiger partial charge in [0.05, 0.1) is 12.7 Å². The summed E-state index contributed by atoms with van der Waals surface area (Å²) in [6, 6.07) is 7.55. The molecule has 0 aliphatic carbocycles. The summed E-state index contributed by atoms with van der Waals surface area (Å²) in [6.45, 7) is 1.61. The minimum Gasteiger partial charge on any atom is -0.494 e. The molecule has 0 bridgehead atoms. The van der Waals surface area contributed by atoms with Gasteiger partial charge in [-0.05, 0) is 36.4 Å². The third kappa shape index (κ3) is 5.13. The third-order valence-electron chi connectivity index (χ3n) is 6.69. The molecule has 5 rings (SSSR count). The molecule has 1 fully saturated rings. The lowest BCUT2D eigenvalue weighted by Crippen LogP contribution is -2.49. The van der Waals surface area contributed by atoms with Crippen LogP contribution >= 0.6 is 0 Å². The van der Waals surface area contributed by atoms with Crippen LogP contribution in [0.5, 0.6) is 5.75 Å². The van der Waals surface area contributed by atoms with E-state index in [0.717, 1.165) is 6.07 Å². The molecular weight excluding hydrogens is 537 g/mol. The number of methoxy groups -OCH3 is 1. The van der Waals surface area contributed by atoms with Crippen molar-refractivity contribution in [3.63, 3.8) is 0 Å². The van der Waals surface area contributed by atoms with Crippen molar-refractivity contribution < 1.29 is 27.1 Å². The van der Waals surface area contributed by atoms with E-state index in [-0.39, 0.29) is 39.6 Å². The lowest BCUT2D eigenvalue weighted by atomic mass is 10.1. The summed E-state index contributed by atoms with van der Waals surface area (Å²) in [7, 11) is 1.32. The highest BCUT2D eigenvalue weighted by molar-refractivity contribution is 5.98. The van der Waals surface area contributed by atoms with Crippen LogP contribution in [0.15, 0.2) is 47.0 Å². The van der Waals surface area contributed by atoms with Gasteiger partial charge in [-0.3, -0.25) is 4.79 Å². The maximum atomic E-state index is 13.6. The number of fused-ring (bicyclic) bond motifs is 1. The van der Waals surface area contributed by atoms with Crippen LogP contribution in [0.1, 0.15) is 33.5 Å². The predicted octanol–water partition coefficient (Wildman–Crippen LogP) is 3.89. The van der Waals surface area contributed by atoms with Gasteiger partial charge in [-0.1, -0.05) is 11.8 Å². The van der Waals surface area contributed by atoms with E-state index in [1.807, 2.05) is 4.90 Å². The van der Waals surface area contributed by atoms with Crippen LogP contribution in [0, 0.1) is 24.7 Å². The zero-order valence-corrected chi connectivity index (χ0v) is 21.8. The van der Waals surface area contributed by atoms with Gasteiger partial charge in [-0.15, -0.1) is 12.8 Å². The standard InChI is InChI=1S/C29H23F3N6O3/c1-4-17-7-6-12-34-26(17)37-13-15-38(16-14-37)28(39)24-25(20(33)5-2)41-27(36-24)19-8-10-21(40-3)23-18(19)9-11-22(35-23)29(30,31)32/h1-2,6-12,20H,13-16,33H2,3H3. The number of alkyl halides is 3. The molecule has 0 radical (unpaired) electrons. The summed E-state index contributed by atoms with van der Waals surface area (Å²) in [5, 5.41) is 0.270. The van der Waals surface area contributed by atoms with Gasteiger partial charge in [0.15, 0.2) is 11.5 Å². The van der Waals surface area contributed by atoms with Gasteiger partial charge >= 0.3 is 6.18 Å². The number of oxazole rings is 1. The minimum absolute atomic E-state index is 0.0295. The Kier molecular flexibility index (Phi) is 7.26. The van der Waals surface area contributed by atoms with Gasteiger partial charge in [-0.2, -0.15) is 13.2 Å². The van der Waals surface area contributed by atoms with Crippen LogP contribution in [0.4, 0.5) is 19.0 Å². The number of benzene rings is 1. The molecule has 1 aromatic carbocycles. The normalized spacial score (nSPS) is 14.4. The SMILES string of the molecule is C#Cc1cccnc1N1CCN(C(=O)c2nc(-c3ccc(OC)c4nc(C(F)(F)F)ccc34)oc2C(N)C#C)CC1. The van der Waals surface area contributed by atoms with Gasteiger partial charge in [-0.25, -0.2) is 15.0 Å². The molecule has 2 N–H and O–H groups in total. The van der Waals surface area contributed by atoms with Crippen molar-refractivity contribution in [2.45, 2.75) is 12.2 Å². The molecular formula is C29H23F3N6O3. The van der Waals surface area contributed by atoms with Crippen molar-refractivity contribution in [3.8, 4) is 41.9 Å². The van der Waals surface area contributed by atoms with Crippen molar-refractivity contribution >= 4 is 22.6 Å². The molecule has 3 aromatic heterocycles. The maximum absolute atomic E-state index is 13.6. The van der Waals surface area contributed by atoms with E-state index in [1.165, 1.54) is 19.2 Å². The third-order valence-corrected chi connectivity index (χ3v) is 6.69. The zero-order valence-electron chi connectivity index (χ0n) is 21.8. The Morgan fingerprint density at radius 2 is 1.88 bits per heavy atom. The Balaban J connectivity index is 1.49. The Labute approximate surface area is 233 Å². The topological polar surface area (TPSA) is 111 Å².